The summed E-state index contributed by atoms with van der Waals surface area (Å²) in [6.45, 7) is 0. The van der Waals surface area contributed by atoms with Crippen molar-refractivity contribution >= 4 is 19.5 Å². The fourth-order valence-electron chi connectivity index (χ4n) is 0. The summed E-state index contributed by atoms with van der Waals surface area (Å²) in [5.41, 5.74) is -1.32. The number of carboxylic acid groups (broad SMARTS) is 1. The van der Waals surface area contributed by atoms with Crippen LogP contribution in [0.1, 0.15) is 0 Å². The quantitative estimate of drug-likeness (QED) is 0.319. The molecule has 0 aromatic carbocycles. The third-order valence-corrected chi connectivity index (χ3v) is 0.211. The maximum Gasteiger partial charge on any atom is 0.360 e. The van der Waals surface area contributed by atoms with E-state index in [1.165, 1.54) is 0 Å². The average molecular weight is 83.8 g/mol. The minimum Gasteiger partial charge on any atom is -0.476 e. The van der Waals surface area contributed by atoms with Gasteiger partial charge in [-0.2, -0.15) is 0 Å². The molecule has 30 valence electrons. The van der Waals surface area contributed by atoms with Crippen LogP contribution < -0.4 is 0 Å². The minimum atomic E-state index is -1.60. The van der Waals surface area contributed by atoms with Crippen LogP contribution in [0.2, 0.25) is 0 Å². The van der Waals surface area contributed by atoms with E-state index in [1.54, 1.807) is 0 Å². The molecule has 0 rings (SSSR count). The molecule has 0 aliphatic rings. The number of aliphatic carboxylic acids is 1. The van der Waals surface area contributed by atoms with Gasteiger partial charge in [0.1, 0.15) is 0 Å². The lowest BCUT2D eigenvalue weighted by atomic mass is 10.0. The third-order valence-electron chi connectivity index (χ3n) is 0.211. The lowest BCUT2D eigenvalue weighted by Gasteiger charge is -1.73. The van der Waals surface area contributed by atoms with Crippen LogP contribution in [0.25, 0.3) is 0 Å². The maximum atomic E-state index is 9.32. The second kappa shape index (κ2) is 1.59. The number of hydrogen-bond donors (Lipinski definition) is 1. The number of carboxylic acids is 1. The van der Waals surface area contributed by atoms with Gasteiger partial charge in [-0.25, -0.2) is 4.79 Å². The number of hydrogen-bond acceptors (Lipinski definition) is 2. The van der Waals surface area contributed by atoms with Crippen LogP contribution in [0.5, 0.6) is 0 Å². The summed E-state index contributed by atoms with van der Waals surface area (Å²) < 4.78 is 0. The van der Waals surface area contributed by atoms with Gasteiger partial charge in [0, 0.05) is 0 Å². The van der Waals surface area contributed by atoms with Gasteiger partial charge in [-0.05, 0) is 0 Å². The van der Waals surface area contributed by atoms with Gasteiger partial charge in [-0.15, -0.1) is 0 Å². The van der Waals surface area contributed by atoms with Crippen LogP contribution >= 0.6 is 0 Å². The number of rotatable bonds is 1. The molecule has 6 heavy (non-hydrogen) atoms. The van der Waals surface area contributed by atoms with Gasteiger partial charge in [0.25, 0.3) is 0 Å². The first kappa shape index (κ1) is 5.20. The minimum absolute atomic E-state index is 1.32. The first-order valence-electron chi connectivity index (χ1n) is 1.17. The summed E-state index contributed by atoms with van der Waals surface area (Å²) in [6, 6.07) is 0. The lowest BCUT2D eigenvalue weighted by molar-refractivity contribution is -0.145. The predicted octanol–water partition coefficient (Wildman–Crippen LogP) is -1.23. The highest BCUT2D eigenvalue weighted by molar-refractivity contribution is 6.75. The number of carbonyl (C=O) groups excluding carboxylic acids is 1. The van der Waals surface area contributed by atoms with E-state index in [0.29, 0.717) is 0 Å². The summed E-state index contributed by atoms with van der Waals surface area (Å²) in [6.07, 6.45) is 0. The van der Waals surface area contributed by atoms with Gasteiger partial charge in [0.2, 0.25) is 0 Å². The molecule has 2 radical (unpaired) electrons. The summed E-state index contributed by atoms with van der Waals surface area (Å²) in [4.78, 5) is 18.5. The molecule has 0 unspecified atom stereocenters. The highest BCUT2D eigenvalue weighted by Gasteiger charge is 1.98. The van der Waals surface area contributed by atoms with E-state index in [4.69, 9.17) is 5.11 Å². The fourth-order valence-corrected chi connectivity index (χ4v) is 0. The predicted molar refractivity (Wildman–Crippen MR) is 18.4 cm³/mol. The Kier molecular flexibility index (Phi) is 1.38. The Balaban J connectivity index is 3.57. The molecule has 0 fully saturated rings. The first-order valence-corrected chi connectivity index (χ1v) is 1.17. The SMILES string of the molecule is [B]C(=O)C(=O)O. The van der Waals surface area contributed by atoms with E-state index < -0.39 is 11.7 Å². The van der Waals surface area contributed by atoms with Crippen LogP contribution in [0.3, 0.4) is 0 Å². The zero-order chi connectivity index (χ0) is 5.15. The molecule has 0 aromatic heterocycles. The Labute approximate surface area is 35.4 Å². The number of carbonyl (C=O) groups is 2. The molecule has 1 N–H and O–H groups in total. The Morgan fingerprint density at radius 2 is 1.67 bits per heavy atom. The molecule has 0 heterocycles. The molecular formula is C2HBO3. The Bertz CT molecular complexity index is 74.8. The highest BCUT2D eigenvalue weighted by atomic mass is 16.4. The van der Waals surface area contributed by atoms with Crippen molar-refractivity contribution in [2.75, 3.05) is 0 Å². The van der Waals surface area contributed by atoms with Crippen molar-refractivity contribution in [3.8, 4) is 0 Å². The van der Waals surface area contributed by atoms with Crippen molar-refractivity contribution in [1.82, 2.24) is 0 Å². The van der Waals surface area contributed by atoms with Crippen LogP contribution in [0, 0.1) is 0 Å². The van der Waals surface area contributed by atoms with Crippen molar-refractivity contribution in [3.05, 3.63) is 0 Å². The Morgan fingerprint density at radius 3 is 1.67 bits per heavy atom. The van der Waals surface area contributed by atoms with Gasteiger partial charge >= 0.3 is 5.97 Å². The van der Waals surface area contributed by atoms with Crippen LogP contribution in [0.15, 0.2) is 0 Å². The molecule has 4 heteroatoms. The van der Waals surface area contributed by atoms with E-state index in [9.17, 15) is 9.59 Å². The average Bonchev–Trinajstić information content (AvgIpc) is 1.36. The molecule has 0 aliphatic carbocycles. The Hall–Kier alpha value is -0.795. The van der Waals surface area contributed by atoms with Crippen LogP contribution in [-0.2, 0) is 9.59 Å². The zero-order valence-electron chi connectivity index (χ0n) is 2.84. The summed E-state index contributed by atoms with van der Waals surface area (Å²) in [5.74, 6) is -1.60. The third kappa shape index (κ3) is 1.52. The molecule has 3 nitrogen and oxygen atoms in total. The van der Waals surface area contributed by atoms with E-state index in [0.717, 1.165) is 0 Å². The van der Waals surface area contributed by atoms with Crippen molar-refractivity contribution < 1.29 is 14.7 Å². The molecular weight excluding hydrogens is 82.8 g/mol. The molecule has 0 saturated heterocycles. The smallest absolute Gasteiger partial charge is 0.360 e. The monoisotopic (exact) mass is 84.0 g/mol. The van der Waals surface area contributed by atoms with Crippen LogP contribution in [-0.4, -0.2) is 24.6 Å². The lowest BCUT2D eigenvalue weighted by Crippen LogP contribution is -2.10. The second-order valence-corrected chi connectivity index (χ2v) is 0.669. The van der Waals surface area contributed by atoms with E-state index in [-0.39, 0.29) is 0 Å². The first-order chi connectivity index (χ1) is 2.64. The maximum absolute atomic E-state index is 9.32. The van der Waals surface area contributed by atoms with Gasteiger partial charge in [0.15, 0.2) is 13.5 Å². The van der Waals surface area contributed by atoms with Crippen molar-refractivity contribution in [2.45, 2.75) is 0 Å². The van der Waals surface area contributed by atoms with Gasteiger partial charge in [-0.1, -0.05) is 0 Å². The molecule has 0 bridgehead atoms. The summed E-state index contributed by atoms with van der Waals surface area (Å²) in [5, 5.41) is 7.52. The Morgan fingerprint density at radius 1 is 1.50 bits per heavy atom. The summed E-state index contributed by atoms with van der Waals surface area (Å²) >= 11 is 0. The van der Waals surface area contributed by atoms with Crippen molar-refractivity contribution in [1.29, 1.82) is 0 Å². The molecule has 0 aliphatic heterocycles. The fraction of sp³-hybridized carbons (Fsp3) is 0. The zero-order valence-corrected chi connectivity index (χ0v) is 2.84. The van der Waals surface area contributed by atoms with Gasteiger partial charge in [0.05, 0.1) is 0 Å². The van der Waals surface area contributed by atoms with E-state index in [1.807, 2.05) is 0 Å². The molecule has 0 saturated carbocycles. The highest BCUT2D eigenvalue weighted by Crippen LogP contribution is 1.55. The van der Waals surface area contributed by atoms with E-state index >= 15 is 0 Å². The van der Waals surface area contributed by atoms with Crippen molar-refractivity contribution in [2.24, 2.45) is 0 Å². The molecule has 0 spiro atoms. The van der Waals surface area contributed by atoms with Crippen LogP contribution in [0.4, 0.5) is 0 Å². The molecule has 0 amide bonds. The second-order valence-electron chi connectivity index (χ2n) is 0.669. The summed E-state index contributed by atoms with van der Waals surface area (Å²) in [7, 11) is 4.20. The normalized spacial score (nSPS) is 7.33. The molecule has 0 atom stereocenters. The van der Waals surface area contributed by atoms with Gasteiger partial charge < -0.3 is 9.90 Å². The van der Waals surface area contributed by atoms with E-state index in [2.05, 4.69) is 7.85 Å². The molecule has 0 aromatic rings. The van der Waals surface area contributed by atoms with Crippen molar-refractivity contribution in [3.63, 3.8) is 0 Å². The standard InChI is InChI=1S/C2HBO3/c3-1(4)2(5)6/h(H,5,6). The largest absolute Gasteiger partial charge is 0.476 e. The topological polar surface area (TPSA) is 54.4 Å². The van der Waals surface area contributed by atoms with Gasteiger partial charge in [-0.3, -0.25) is 0 Å².